The number of urea groups is 1. The van der Waals surface area contributed by atoms with Crippen molar-refractivity contribution in [1.29, 1.82) is 0 Å². The average molecular weight is 296 g/mol. The van der Waals surface area contributed by atoms with Crippen LogP contribution < -0.4 is 10.6 Å². The van der Waals surface area contributed by atoms with Crippen molar-refractivity contribution < 1.29 is 14.3 Å². The van der Waals surface area contributed by atoms with Crippen molar-refractivity contribution >= 4 is 6.03 Å². The highest BCUT2D eigenvalue weighted by molar-refractivity contribution is 5.74. The second-order valence-electron chi connectivity index (χ2n) is 5.99. The molecule has 0 radical (unpaired) electrons. The molecule has 0 aliphatic rings. The van der Waals surface area contributed by atoms with Crippen LogP contribution in [0.2, 0.25) is 0 Å². The zero-order valence-corrected chi connectivity index (χ0v) is 12.9. The molecule has 21 heavy (non-hydrogen) atoms. The summed E-state index contributed by atoms with van der Waals surface area (Å²) in [6, 6.07) is 6.18. The summed E-state index contributed by atoms with van der Waals surface area (Å²) >= 11 is 0. The molecule has 1 aromatic carbocycles. The fraction of sp³-hybridized carbons (Fsp3) is 0.562. The number of hydrogen-bond acceptors (Lipinski definition) is 2. The van der Waals surface area contributed by atoms with E-state index in [1.165, 1.54) is 12.1 Å². The van der Waals surface area contributed by atoms with Crippen LogP contribution >= 0.6 is 0 Å². The van der Waals surface area contributed by atoms with Crippen LogP contribution in [-0.2, 0) is 5.41 Å². The Bertz CT molecular complexity index is 463. The standard InChI is InChI=1S/C16H25FN2O2/c1-12(6-5-9-20)19-15(21)18-11-16(2,3)13-7-4-8-14(17)10-13/h4,7-8,10,12,20H,5-6,9,11H2,1-3H3,(H2,18,19,21). The summed E-state index contributed by atoms with van der Waals surface area (Å²) < 4.78 is 13.3. The van der Waals surface area contributed by atoms with E-state index in [1.54, 1.807) is 6.07 Å². The number of rotatable bonds is 7. The van der Waals surface area contributed by atoms with Crippen LogP contribution in [0, 0.1) is 5.82 Å². The maximum atomic E-state index is 13.3. The summed E-state index contributed by atoms with van der Waals surface area (Å²) in [7, 11) is 0. The highest BCUT2D eigenvalue weighted by Crippen LogP contribution is 2.22. The summed E-state index contributed by atoms with van der Waals surface area (Å²) in [5.74, 6) is -0.275. The molecule has 1 unspecified atom stereocenters. The lowest BCUT2D eigenvalue weighted by Crippen LogP contribution is -2.45. The van der Waals surface area contributed by atoms with Crippen molar-refractivity contribution in [1.82, 2.24) is 10.6 Å². The first kappa shape index (κ1) is 17.4. The van der Waals surface area contributed by atoms with E-state index in [2.05, 4.69) is 10.6 Å². The lowest BCUT2D eigenvalue weighted by molar-refractivity contribution is 0.232. The van der Waals surface area contributed by atoms with Gasteiger partial charge in [0, 0.05) is 24.6 Å². The van der Waals surface area contributed by atoms with Crippen molar-refractivity contribution in [2.45, 2.75) is 45.1 Å². The normalized spacial score (nSPS) is 12.8. The van der Waals surface area contributed by atoms with Gasteiger partial charge in [-0.2, -0.15) is 0 Å². The van der Waals surface area contributed by atoms with Gasteiger partial charge in [0.2, 0.25) is 0 Å². The van der Waals surface area contributed by atoms with Crippen LogP contribution in [0.15, 0.2) is 24.3 Å². The molecule has 118 valence electrons. The minimum atomic E-state index is -0.353. The van der Waals surface area contributed by atoms with Gasteiger partial charge in [0.25, 0.3) is 0 Å². The Balaban J connectivity index is 2.47. The van der Waals surface area contributed by atoms with Gasteiger partial charge in [-0.05, 0) is 37.5 Å². The van der Waals surface area contributed by atoms with Gasteiger partial charge in [-0.15, -0.1) is 0 Å². The van der Waals surface area contributed by atoms with E-state index in [4.69, 9.17) is 5.11 Å². The summed E-state index contributed by atoms with van der Waals surface area (Å²) in [5, 5.41) is 14.4. The van der Waals surface area contributed by atoms with E-state index in [9.17, 15) is 9.18 Å². The molecular weight excluding hydrogens is 271 g/mol. The lowest BCUT2D eigenvalue weighted by Gasteiger charge is -2.26. The fourth-order valence-corrected chi connectivity index (χ4v) is 2.06. The zero-order valence-electron chi connectivity index (χ0n) is 12.9. The van der Waals surface area contributed by atoms with E-state index in [1.807, 2.05) is 26.8 Å². The van der Waals surface area contributed by atoms with Crippen LogP contribution in [0.5, 0.6) is 0 Å². The second-order valence-corrected chi connectivity index (χ2v) is 5.99. The Kier molecular flexibility index (Phi) is 6.62. The average Bonchev–Trinajstić information content (AvgIpc) is 2.43. The smallest absolute Gasteiger partial charge is 0.315 e. The van der Waals surface area contributed by atoms with Crippen molar-refractivity contribution in [3.8, 4) is 0 Å². The first-order valence-electron chi connectivity index (χ1n) is 7.26. The molecule has 4 nitrogen and oxygen atoms in total. The number of hydrogen-bond donors (Lipinski definition) is 3. The molecule has 1 rings (SSSR count). The molecule has 0 bridgehead atoms. The van der Waals surface area contributed by atoms with Gasteiger partial charge in [0.1, 0.15) is 5.82 Å². The highest BCUT2D eigenvalue weighted by Gasteiger charge is 2.22. The Morgan fingerprint density at radius 1 is 1.43 bits per heavy atom. The van der Waals surface area contributed by atoms with Gasteiger partial charge in [-0.1, -0.05) is 26.0 Å². The predicted octanol–water partition coefficient (Wildman–Crippen LogP) is 2.56. The minimum Gasteiger partial charge on any atom is -0.396 e. The lowest BCUT2D eigenvalue weighted by atomic mass is 9.84. The number of carbonyl (C=O) groups is 1. The maximum absolute atomic E-state index is 13.3. The van der Waals surface area contributed by atoms with E-state index < -0.39 is 0 Å². The molecule has 0 fully saturated rings. The third-order valence-corrected chi connectivity index (χ3v) is 3.47. The Morgan fingerprint density at radius 3 is 2.76 bits per heavy atom. The van der Waals surface area contributed by atoms with Crippen molar-refractivity contribution in [2.75, 3.05) is 13.2 Å². The Hall–Kier alpha value is -1.62. The topological polar surface area (TPSA) is 61.4 Å². The first-order chi connectivity index (χ1) is 9.85. The van der Waals surface area contributed by atoms with Gasteiger partial charge in [0.15, 0.2) is 0 Å². The van der Waals surface area contributed by atoms with Gasteiger partial charge >= 0.3 is 6.03 Å². The van der Waals surface area contributed by atoms with Crippen molar-refractivity contribution in [2.24, 2.45) is 0 Å². The molecule has 0 aliphatic carbocycles. The van der Waals surface area contributed by atoms with E-state index >= 15 is 0 Å². The van der Waals surface area contributed by atoms with Gasteiger partial charge in [-0.25, -0.2) is 9.18 Å². The van der Waals surface area contributed by atoms with Crippen molar-refractivity contribution in [3.05, 3.63) is 35.6 Å². The number of aliphatic hydroxyl groups is 1. The van der Waals surface area contributed by atoms with Crippen LogP contribution in [0.3, 0.4) is 0 Å². The number of halogens is 1. The molecule has 5 heteroatoms. The Morgan fingerprint density at radius 2 is 2.14 bits per heavy atom. The van der Waals surface area contributed by atoms with Crippen LogP contribution in [0.1, 0.15) is 39.2 Å². The SMILES string of the molecule is CC(CCCO)NC(=O)NCC(C)(C)c1cccc(F)c1. The summed E-state index contributed by atoms with van der Waals surface area (Å²) in [5.41, 5.74) is 0.490. The number of nitrogens with one attached hydrogen (secondary N) is 2. The maximum Gasteiger partial charge on any atom is 0.315 e. The van der Waals surface area contributed by atoms with Crippen molar-refractivity contribution in [3.63, 3.8) is 0 Å². The number of amides is 2. The molecule has 0 saturated heterocycles. The molecule has 0 heterocycles. The second kappa shape index (κ2) is 7.98. The molecule has 1 aromatic rings. The first-order valence-corrected chi connectivity index (χ1v) is 7.26. The molecule has 0 saturated carbocycles. The molecule has 2 amide bonds. The fourth-order valence-electron chi connectivity index (χ4n) is 2.06. The summed E-state index contributed by atoms with van der Waals surface area (Å²) in [6.45, 7) is 6.34. The number of benzene rings is 1. The molecular formula is C16H25FN2O2. The molecule has 1 atom stereocenters. The molecule has 3 N–H and O–H groups in total. The largest absolute Gasteiger partial charge is 0.396 e. The third-order valence-electron chi connectivity index (χ3n) is 3.47. The predicted molar refractivity (Wildman–Crippen MR) is 81.7 cm³/mol. The van der Waals surface area contributed by atoms with E-state index in [-0.39, 0.29) is 29.9 Å². The quantitative estimate of drug-likeness (QED) is 0.724. The van der Waals surface area contributed by atoms with Gasteiger partial charge in [0.05, 0.1) is 0 Å². The Labute approximate surface area is 125 Å². The number of aliphatic hydroxyl groups excluding tert-OH is 1. The van der Waals surface area contributed by atoms with E-state index in [0.29, 0.717) is 13.0 Å². The minimum absolute atomic E-state index is 0.00873. The van der Waals surface area contributed by atoms with E-state index in [0.717, 1.165) is 12.0 Å². The van der Waals surface area contributed by atoms with Gasteiger partial charge < -0.3 is 15.7 Å². The van der Waals surface area contributed by atoms with Crippen LogP contribution in [0.25, 0.3) is 0 Å². The molecule has 0 aliphatic heterocycles. The number of carbonyl (C=O) groups excluding carboxylic acids is 1. The van der Waals surface area contributed by atoms with Gasteiger partial charge in [-0.3, -0.25) is 0 Å². The monoisotopic (exact) mass is 296 g/mol. The molecule has 0 spiro atoms. The summed E-state index contributed by atoms with van der Waals surface area (Å²) in [6.07, 6.45) is 1.40. The third kappa shape index (κ3) is 6.12. The summed E-state index contributed by atoms with van der Waals surface area (Å²) in [4.78, 5) is 11.8. The zero-order chi connectivity index (χ0) is 15.9. The van der Waals surface area contributed by atoms with Crippen LogP contribution in [-0.4, -0.2) is 30.3 Å². The van der Waals surface area contributed by atoms with Crippen LogP contribution in [0.4, 0.5) is 9.18 Å². The highest BCUT2D eigenvalue weighted by atomic mass is 19.1. The molecule has 0 aromatic heterocycles.